The van der Waals surface area contributed by atoms with Gasteiger partial charge in [-0.25, -0.2) is 14.5 Å². The highest BCUT2D eigenvalue weighted by Crippen LogP contribution is 2.39. The zero-order chi connectivity index (χ0) is 34.7. The number of carbonyl (C=O) groups excluding carboxylic acids is 4. The van der Waals surface area contributed by atoms with Crippen LogP contribution in [0.3, 0.4) is 0 Å². The monoisotopic (exact) mass is 675 g/mol. The lowest BCUT2D eigenvalue weighted by atomic mass is 9.98. The highest BCUT2D eigenvalue weighted by Gasteiger charge is 2.61. The SMILES string of the molecule is CC(C)=CCn1c(N2CCCC(N)C2)nc2c1C(=O)[N+](CC(=O)c1cccc(OCS(C)=O)c1)(C(C)C(=O)c1ccccc1)C(=O)N2C. The van der Waals surface area contributed by atoms with E-state index in [-0.39, 0.29) is 35.6 Å². The Kier molecular flexibility index (Phi) is 10.4. The number of fused-ring (bicyclic) bond motifs is 1. The highest BCUT2D eigenvalue weighted by atomic mass is 32.2. The zero-order valence-corrected chi connectivity index (χ0v) is 28.9. The summed E-state index contributed by atoms with van der Waals surface area (Å²) in [5.74, 6) is -0.754. The highest BCUT2D eigenvalue weighted by molar-refractivity contribution is 7.84. The Morgan fingerprint density at radius 2 is 1.83 bits per heavy atom. The van der Waals surface area contributed by atoms with Crippen LogP contribution < -0.4 is 20.3 Å². The summed E-state index contributed by atoms with van der Waals surface area (Å²) in [5, 5.41) is 0. The van der Waals surface area contributed by atoms with Gasteiger partial charge in [-0.3, -0.25) is 18.4 Å². The van der Waals surface area contributed by atoms with E-state index in [0.29, 0.717) is 30.4 Å². The van der Waals surface area contributed by atoms with Gasteiger partial charge >= 0.3 is 11.9 Å². The first kappa shape index (κ1) is 34.9. The molecule has 5 rings (SSSR count). The van der Waals surface area contributed by atoms with Gasteiger partial charge in [0.05, 0.1) is 10.8 Å². The Hall–Kier alpha value is -4.46. The van der Waals surface area contributed by atoms with E-state index in [0.717, 1.165) is 18.4 Å². The Balaban J connectivity index is 1.67. The third-order valence-electron chi connectivity index (χ3n) is 8.90. The predicted octanol–water partition coefficient (Wildman–Crippen LogP) is 4.17. The van der Waals surface area contributed by atoms with Crippen molar-refractivity contribution in [2.45, 2.75) is 52.2 Å². The Morgan fingerprint density at radius 1 is 1.12 bits per heavy atom. The molecular weight excluding hydrogens is 632 g/mol. The van der Waals surface area contributed by atoms with Crippen LogP contribution in [0.15, 0.2) is 66.2 Å². The fraction of sp³-hybridized carbons (Fsp3) is 0.400. The van der Waals surface area contributed by atoms with Crippen LogP contribution in [-0.4, -0.2) is 92.7 Å². The summed E-state index contributed by atoms with van der Waals surface area (Å²) in [6.45, 7) is 6.29. The molecule has 0 radical (unpaired) electrons. The smallest absolute Gasteiger partial charge is 0.433 e. The number of hydrogen-bond acceptors (Lipinski definition) is 9. The average Bonchev–Trinajstić information content (AvgIpc) is 3.47. The van der Waals surface area contributed by atoms with E-state index in [1.165, 1.54) is 31.2 Å². The molecule has 1 fully saturated rings. The van der Waals surface area contributed by atoms with E-state index >= 15 is 4.79 Å². The van der Waals surface area contributed by atoms with Crippen molar-refractivity contribution < 1.29 is 32.6 Å². The van der Waals surface area contributed by atoms with Crippen LogP contribution in [0.4, 0.5) is 16.6 Å². The topological polar surface area (TPSA) is 145 Å². The molecule has 12 nitrogen and oxygen atoms in total. The van der Waals surface area contributed by atoms with Gasteiger partial charge in [0.25, 0.3) is 0 Å². The molecule has 0 aliphatic carbocycles. The third kappa shape index (κ3) is 6.75. The summed E-state index contributed by atoms with van der Waals surface area (Å²) < 4.78 is 17.9. The van der Waals surface area contributed by atoms with E-state index in [2.05, 4.69) is 0 Å². The summed E-state index contributed by atoms with van der Waals surface area (Å²) >= 11 is 0. The van der Waals surface area contributed by atoms with E-state index in [1.54, 1.807) is 53.1 Å². The number of ether oxygens (including phenoxy) is 1. The number of allylic oxidation sites excluding steroid dienone is 2. The maximum atomic E-state index is 15.1. The maximum Gasteiger partial charge on any atom is 0.433 e. The van der Waals surface area contributed by atoms with Crippen LogP contribution in [0.2, 0.25) is 0 Å². The number of quaternary nitrogens is 1. The quantitative estimate of drug-likeness (QED) is 0.170. The summed E-state index contributed by atoms with van der Waals surface area (Å²) in [7, 11) is 0.287. The maximum absolute atomic E-state index is 15.1. The van der Waals surface area contributed by atoms with Crippen LogP contribution in [0, 0.1) is 0 Å². The number of nitrogens with two attached hydrogens (primary N) is 1. The normalized spacial score (nSPS) is 20.6. The number of imide groups is 1. The fourth-order valence-corrected chi connectivity index (χ4v) is 6.58. The van der Waals surface area contributed by atoms with Crippen molar-refractivity contribution in [2.24, 2.45) is 5.73 Å². The molecule has 2 aliphatic heterocycles. The number of piperidine rings is 1. The number of amides is 3. The van der Waals surface area contributed by atoms with Crippen molar-refractivity contribution in [3.05, 3.63) is 83.1 Å². The molecule has 0 bridgehead atoms. The molecule has 13 heteroatoms. The van der Waals surface area contributed by atoms with Crippen LogP contribution in [0.5, 0.6) is 5.75 Å². The van der Waals surface area contributed by atoms with Gasteiger partial charge in [-0.1, -0.05) is 54.1 Å². The van der Waals surface area contributed by atoms with E-state index < -0.39 is 51.4 Å². The van der Waals surface area contributed by atoms with Crippen molar-refractivity contribution in [3.8, 4) is 5.75 Å². The fourth-order valence-electron chi connectivity index (χ4n) is 6.28. The van der Waals surface area contributed by atoms with Crippen molar-refractivity contribution in [1.82, 2.24) is 9.55 Å². The van der Waals surface area contributed by atoms with E-state index in [1.807, 2.05) is 24.8 Å². The first-order valence-electron chi connectivity index (χ1n) is 16.0. The molecule has 1 saturated heterocycles. The Morgan fingerprint density at radius 3 is 2.50 bits per heavy atom. The van der Waals surface area contributed by atoms with E-state index in [9.17, 15) is 18.6 Å². The van der Waals surface area contributed by atoms with Crippen molar-refractivity contribution in [2.75, 3.05) is 48.7 Å². The molecule has 4 unspecified atom stereocenters. The molecule has 0 saturated carbocycles. The van der Waals surface area contributed by atoms with Gasteiger partial charge in [0.15, 0.2) is 30.0 Å². The van der Waals surface area contributed by atoms with Crippen LogP contribution >= 0.6 is 0 Å². The molecule has 3 heterocycles. The molecule has 2 aromatic carbocycles. The minimum absolute atomic E-state index is 0.0648. The second-order valence-corrected chi connectivity index (χ2v) is 14.1. The summed E-state index contributed by atoms with van der Waals surface area (Å²) in [5.41, 5.74) is 7.99. The first-order valence-corrected chi connectivity index (χ1v) is 17.7. The van der Waals surface area contributed by atoms with Gasteiger partial charge in [0.1, 0.15) is 5.75 Å². The average molecular weight is 676 g/mol. The number of nitrogens with zero attached hydrogens (tertiary/aromatic N) is 5. The molecular formula is C35H43N6O6S+. The molecule has 0 spiro atoms. The Labute approximate surface area is 283 Å². The molecule has 1 aromatic heterocycles. The second kappa shape index (κ2) is 14.3. The minimum Gasteiger partial charge on any atom is -0.480 e. The summed E-state index contributed by atoms with van der Waals surface area (Å²) in [6, 6.07) is 12.6. The van der Waals surface area contributed by atoms with Gasteiger partial charge in [-0.2, -0.15) is 9.47 Å². The van der Waals surface area contributed by atoms with Gasteiger partial charge < -0.3 is 15.4 Å². The van der Waals surface area contributed by atoms with E-state index in [4.69, 9.17) is 15.5 Å². The zero-order valence-electron chi connectivity index (χ0n) is 28.0. The number of urea groups is 1. The molecule has 2 N–H and O–H groups in total. The number of rotatable bonds is 12. The Bertz CT molecular complexity index is 1780. The number of ketones is 2. The number of benzene rings is 2. The number of Topliss-reactive ketones (excluding diaryl/α,β-unsaturated/α-hetero) is 2. The van der Waals surface area contributed by atoms with Gasteiger partial charge in [0.2, 0.25) is 17.5 Å². The number of hydrogen-bond donors (Lipinski definition) is 1. The summed E-state index contributed by atoms with van der Waals surface area (Å²) in [4.78, 5) is 66.2. The number of anilines is 2. The third-order valence-corrected chi connectivity index (χ3v) is 9.35. The molecule has 2 aliphatic rings. The molecule has 3 amide bonds. The lowest BCUT2D eigenvalue weighted by molar-refractivity contribution is -0.772. The molecule has 48 heavy (non-hydrogen) atoms. The lowest BCUT2D eigenvalue weighted by Crippen LogP contribution is -2.71. The molecule has 3 aromatic rings. The minimum atomic E-state index is -1.27. The van der Waals surface area contributed by atoms with Crippen LogP contribution in [0.25, 0.3) is 0 Å². The summed E-state index contributed by atoms with van der Waals surface area (Å²) in [6.07, 6.45) is 5.18. The molecule has 4 atom stereocenters. The van der Waals surface area contributed by atoms with Gasteiger partial charge in [-0.15, -0.1) is 0 Å². The lowest BCUT2D eigenvalue weighted by Gasteiger charge is -2.41. The van der Waals surface area contributed by atoms with Crippen molar-refractivity contribution in [3.63, 3.8) is 0 Å². The largest absolute Gasteiger partial charge is 0.480 e. The van der Waals surface area contributed by atoms with Gasteiger partial charge in [0, 0.05) is 50.1 Å². The molecule has 254 valence electrons. The standard InChI is InChI=1S/C35H43N6O6S/c1-23(2)16-18-40-30-32(37-34(40)39-17-10-14-27(36)20-39)38(4)35(45)41(33(30)44,24(3)31(43)25-11-7-6-8-12-25)21-29(42)26-13-9-15-28(19-26)47-22-48(5)46/h6-9,11-13,15-16,19,24,27H,10,14,17-18,20-22,36H2,1-5H3/q+1. The number of aromatic nitrogens is 2. The van der Waals surface area contributed by atoms with Gasteiger partial charge in [-0.05, 0) is 45.7 Å². The van der Waals surface area contributed by atoms with Crippen molar-refractivity contribution in [1.29, 1.82) is 0 Å². The van der Waals surface area contributed by atoms with Crippen LogP contribution in [0.1, 0.15) is 64.8 Å². The predicted molar refractivity (Wildman–Crippen MR) is 185 cm³/mol. The van der Waals surface area contributed by atoms with Crippen LogP contribution in [-0.2, 0) is 17.3 Å². The van der Waals surface area contributed by atoms with Crippen molar-refractivity contribution >= 4 is 46.1 Å². The second-order valence-electron chi connectivity index (χ2n) is 12.7. The first-order chi connectivity index (χ1) is 22.8. The number of imidazole rings is 1. The number of carbonyl (C=O) groups is 4.